The maximum atomic E-state index is 12.1. The first-order chi connectivity index (χ1) is 9.04. The molecule has 0 bridgehead atoms. The molecule has 2 nitrogen and oxygen atoms in total. The van der Waals surface area contributed by atoms with Gasteiger partial charge in [-0.3, -0.25) is 4.79 Å². The Morgan fingerprint density at radius 3 is 2.53 bits per heavy atom. The number of nitrogens with zero attached hydrogens (tertiary/aromatic N) is 1. The molecule has 1 aromatic carbocycles. The van der Waals surface area contributed by atoms with Crippen LogP contribution in [-0.2, 0) is 17.8 Å². The molecule has 0 spiro atoms. The van der Waals surface area contributed by atoms with Gasteiger partial charge in [0.1, 0.15) is 0 Å². The van der Waals surface area contributed by atoms with Crippen molar-refractivity contribution < 1.29 is 4.79 Å². The van der Waals surface area contributed by atoms with Crippen molar-refractivity contribution in [2.24, 2.45) is 0 Å². The molecule has 0 N–H and O–H groups in total. The van der Waals surface area contributed by atoms with Gasteiger partial charge in [0.15, 0.2) is 0 Å². The molecule has 2 rings (SSSR count). The molecule has 1 aromatic heterocycles. The van der Waals surface area contributed by atoms with E-state index in [9.17, 15) is 4.79 Å². The summed E-state index contributed by atoms with van der Waals surface area (Å²) >= 11 is 10.9. The second-order valence-corrected chi connectivity index (χ2v) is 7.24. The summed E-state index contributed by atoms with van der Waals surface area (Å²) in [5.74, 6) is 0.104. The number of carbonyl (C=O) groups excluding carboxylic acids is 1. The van der Waals surface area contributed by atoms with E-state index >= 15 is 0 Å². The van der Waals surface area contributed by atoms with Gasteiger partial charge < -0.3 is 4.90 Å². The molecule has 19 heavy (non-hydrogen) atoms. The minimum atomic E-state index is 0.104. The first-order valence-corrected chi connectivity index (χ1v) is 7.76. The SMILES string of the molecule is CN(Cc1ccc(Br)s1)C(=O)Cc1ccc(Cl)cc1. The second kappa shape index (κ2) is 6.55. The highest BCUT2D eigenvalue weighted by molar-refractivity contribution is 9.11. The molecule has 0 saturated carbocycles. The fourth-order valence-electron chi connectivity index (χ4n) is 1.67. The largest absolute Gasteiger partial charge is 0.340 e. The molecule has 100 valence electrons. The third kappa shape index (κ3) is 4.34. The number of benzene rings is 1. The lowest BCUT2D eigenvalue weighted by Gasteiger charge is -2.16. The van der Waals surface area contributed by atoms with E-state index in [1.807, 2.05) is 31.3 Å². The van der Waals surface area contributed by atoms with E-state index in [4.69, 9.17) is 11.6 Å². The fourth-order valence-corrected chi connectivity index (χ4v) is 3.33. The number of halogens is 2. The smallest absolute Gasteiger partial charge is 0.227 e. The summed E-state index contributed by atoms with van der Waals surface area (Å²) in [5, 5.41) is 0.688. The van der Waals surface area contributed by atoms with Gasteiger partial charge in [-0.1, -0.05) is 23.7 Å². The van der Waals surface area contributed by atoms with Gasteiger partial charge in [-0.15, -0.1) is 11.3 Å². The summed E-state index contributed by atoms with van der Waals surface area (Å²) in [6.07, 6.45) is 0.403. The normalized spacial score (nSPS) is 10.5. The Kier molecular flexibility index (Phi) is 5.02. The monoisotopic (exact) mass is 357 g/mol. The predicted molar refractivity (Wildman–Crippen MR) is 83.6 cm³/mol. The van der Waals surface area contributed by atoms with E-state index in [1.165, 1.54) is 4.88 Å². The van der Waals surface area contributed by atoms with Crippen molar-refractivity contribution in [2.45, 2.75) is 13.0 Å². The van der Waals surface area contributed by atoms with Gasteiger partial charge in [0.05, 0.1) is 16.8 Å². The van der Waals surface area contributed by atoms with Gasteiger partial charge in [-0.2, -0.15) is 0 Å². The Labute approximate surface area is 130 Å². The van der Waals surface area contributed by atoms with Gasteiger partial charge in [-0.25, -0.2) is 0 Å². The van der Waals surface area contributed by atoms with Crippen molar-refractivity contribution in [3.8, 4) is 0 Å². The van der Waals surface area contributed by atoms with Gasteiger partial charge in [0, 0.05) is 16.9 Å². The molecule has 5 heteroatoms. The summed E-state index contributed by atoms with van der Waals surface area (Å²) in [7, 11) is 1.83. The predicted octanol–water partition coefficient (Wildman–Crippen LogP) is 4.37. The van der Waals surface area contributed by atoms with Crippen LogP contribution in [0.2, 0.25) is 5.02 Å². The average molecular weight is 359 g/mol. The minimum absolute atomic E-state index is 0.104. The third-order valence-corrected chi connectivity index (χ3v) is 4.58. The summed E-state index contributed by atoms with van der Waals surface area (Å²) in [6, 6.07) is 11.4. The highest BCUT2D eigenvalue weighted by atomic mass is 79.9. The van der Waals surface area contributed by atoms with Crippen LogP contribution in [0.15, 0.2) is 40.2 Å². The Balaban J connectivity index is 1.94. The molecular formula is C14H13BrClNOS. The zero-order valence-electron chi connectivity index (χ0n) is 10.4. The van der Waals surface area contributed by atoms with E-state index in [0.29, 0.717) is 18.0 Å². The van der Waals surface area contributed by atoms with Crippen molar-refractivity contribution in [2.75, 3.05) is 7.05 Å². The summed E-state index contributed by atoms with van der Waals surface area (Å²) in [6.45, 7) is 0.642. The van der Waals surface area contributed by atoms with Crippen LogP contribution in [0.1, 0.15) is 10.4 Å². The topological polar surface area (TPSA) is 20.3 Å². The number of amides is 1. The first-order valence-electron chi connectivity index (χ1n) is 5.77. The number of hydrogen-bond acceptors (Lipinski definition) is 2. The van der Waals surface area contributed by atoms with Crippen LogP contribution >= 0.6 is 38.9 Å². The molecule has 1 heterocycles. The van der Waals surface area contributed by atoms with E-state index < -0.39 is 0 Å². The van der Waals surface area contributed by atoms with Crippen molar-refractivity contribution in [1.82, 2.24) is 4.90 Å². The van der Waals surface area contributed by atoms with Crippen LogP contribution in [-0.4, -0.2) is 17.9 Å². The summed E-state index contributed by atoms with van der Waals surface area (Å²) < 4.78 is 1.08. The number of hydrogen-bond donors (Lipinski definition) is 0. The molecule has 1 amide bonds. The van der Waals surface area contributed by atoms with Crippen LogP contribution in [0.3, 0.4) is 0 Å². The quantitative estimate of drug-likeness (QED) is 0.795. The zero-order valence-corrected chi connectivity index (χ0v) is 13.6. The molecule has 0 aliphatic carbocycles. The van der Waals surface area contributed by atoms with E-state index in [2.05, 4.69) is 15.9 Å². The molecule has 0 atom stereocenters. The van der Waals surface area contributed by atoms with Gasteiger partial charge >= 0.3 is 0 Å². The third-order valence-electron chi connectivity index (χ3n) is 2.72. The van der Waals surface area contributed by atoms with E-state index in [0.717, 1.165) is 9.35 Å². The van der Waals surface area contributed by atoms with Crippen LogP contribution in [0, 0.1) is 0 Å². The van der Waals surface area contributed by atoms with Crippen LogP contribution in [0.5, 0.6) is 0 Å². The highest BCUT2D eigenvalue weighted by Crippen LogP contribution is 2.23. The van der Waals surface area contributed by atoms with Crippen molar-refractivity contribution >= 4 is 44.8 Å². The standard InChI is InChI=1S/C14H13BrClNOS/c1-17(9-12-6-7-13(15)19-12)14(18)8-10-2-4-11(16)5-3-10/h2-7H,8-9H2,1H3. The molecule has 2 aromatic rings. The van der Waals surface area contributed by atoms with Crippen LogP contribution in [0.4, 0.5) is 0 Å². The lowest BCUT2D eigenvalue weighted by Crippen LogP contribution is -2.27. The first kappa shape index (κ1) is 14.6. The van der Waals surface area contributed by atoms with Crippen molar-refractivity contribution in [3.63, 3.8) is 0 Å². The van der Waals surface area contributed by atoms with Gasteiger partial charge in [0.2, 0.25) is 5.91 Å². The lowest BCUT2D eigenvalue weighted by atomic mass is 10.1. The maximum Gasteiger partial charge on any atom is 0.227 e. The molecule has 0 fully saturated rings. The fraction of sp³-hybridized carbons (Fsp3) is 0.214. The summed E-state index contributed by atoms with van der Waals surface area (Å²) in [4.78, 5) is 15.0. The number of rotatable bonds is 4. The molecule has 0 aliphatic heterocycles. The minimum Gasteiger partial charge on any atom is -0.340 e. The average Bonchev–Trinajstić information content (AvgIpc) is 2.77. The highest BCUT2D eigenvalue weighted by Gasteiger charge is 2.11. The Morgan fingerprint density at radius 2 is 1.95 bits per heavy atom. The van der Waals surface area contributed by atoms with Crippen molar-refractivity contribution in [3.05, 3.63) is 55.6 Å². The Morgan fingerprint density at radius 1 is 1.26 bits per heavy atom. The second-order valence-electron chi connectivity index (χ2n) is 4.26. The summed E-state index contributed by atoms with van der Waals surface area (Å²) in [5.41, 5.74) is 0.980. The van der Waals surface area contributed by atoms with E-state index in [-0.39, 0.29) is 5.91 Å². The molecule has 0 aliphatic rings. The van der Waals surface area contributed by atoms with Gasteiger partial charge in [-0.05, 0) is 45.8 Å². The Bertz CT molecular complexity index is 567. The zero-order chi connectivity index (χ0) is 13.8. The number of likely N-dealkylation sites (N-methyl/N-ethyl adjacent to an activating group) is 1. The molecular weight excluding hydrogens is 346 g/mol. The maximum absolute atomic E-state index is 12.1. The number of carbonyl (C=O) groups is 1. The van der Waals surface area contributed by atoms with Gasteiger partial charge in [0.25, 0.3) is 0 Å². The number of thiophene rings is 1. The van der Waals surface area contributed by atoms with Crippen LogP contribution in [0.25, 0.3) is 0 Å². The van der Waals surface area contributed by atoms with Crippen molar-refractivity contribution in [1.29, 1.82) is 0 Å². The van der Waals surface area contributed by atoms with Crippen LogP contribution < -0.4 is 0 Å². The molecule has 0 saturated heterocycles. The molecule has 0 unspecified atom stereocenters. The Hall–Kier alpha value is -0.840. The van der Waals surface area contributed by atoms with E-state index in [1.54, 1.807) is 28.4 Å². The molecule has 0 radical (unpaired) electrons. The lowest BCUT2D eigenvalue weighted by molar-refractivity contribution is -0.129.